The minimum atomic E-state index is -0.820. The molecular formula is C32H29BrN2O6S. The SMILES string of the molecule is C=CCOc1c(Br)cc(/C=c2/sc3n(c2=O)[C@H](c2c(OC)ccc4ccccc24)C(C(=O)OCC)=C(C)N=3)cc1OC. The molecule has 1 aliphatic rings. The lowest BCUT2D eigenvalue weighted by molar-refractivity contribution is -0.139. The Balaban J connectivity index is 1.78. The average molecular weight is 650 g/mol. The fraction of sp³-hybridized carbons (Fsp3) is 0.219. The standard InChI is InChI=1S/C32H29BrN2O6S/c1-6-14-41-29-22(33)15-19(16-24(29)39-5)17-25-30(36)35-28(26(31(37)40-7-2)18(3)34-32(35)42-25)27-21-11-9-8-10-20(21)12-13-23(27)38-4/h6,8-13,15-17,28H,1,7,14H2,2-5H3/b25-17+/t28-/m0/s1. The molecule has 0 radical (unpaired) electrons. The van der Waals surface area contributed by atoms with E-state index in [-0.39, 0.29) is 12.2 Å². The van der Waals surface area contributed by atoms with Crippen LogP contribution in [0, 0.1) is 0 Å². The quantitative estimate of drug-likeness (QED) is 0.181. The first-order valence-electron chi connectivity index (χ1n) is 13.2. The molecule has 216 valence electrons. The van der Waals surface area contributed by atoms with Crippen molar-refractivity contribution < 1.29 is 23.7 Å². The normalized spacial score (nSPS) is 14.8. The molecule has 0 fully saturated rings. The van der Waals surface area contributed by atoms with Crippen LogP contribution in [-0.4, -0.2) is 38.0 Å². The summed E-state index contributed by atoms with van der Waals surface area (Å²) in [6.07, 6.45) is 3.42. The summed E-state index contributed by atoms with van der Waals surface area (Å²) in [5.74, 6) is 1.06. The third-order valence-electron chi connectivity index (χ3n) is 6.84. The van der Waals surface area contributed by atoms with Gasteiger partial charge in [0.1, 0.15) is 18.4 Å². The Kier molecular flexibility index (Phi) is 8.65. The number of aromatic nitrogens is 1. The van der Waals surface area contributed by atoms with Crippen LogP contribution in [0.5, 0.6) is 17.2 Å². The van der Waals surface area contributed by atoms with Crippen molar-refractivity contribution in [3.8, 4) is 17.2 Å². The van der Waals surface area contributed by atoms with Gasteiger partial charge in [-0.2, -0.15) is 0 Å². The van der Waals surface area contributed by atoms with Gasteiger partial charge in [0, 0.05) is 5.56 Å². The summed E-state index contributed by atoms with van der Waals surface area (Å²) >= 11 is 4.80. The molecule has 5 rings (SSSR count). The molecule has 10 heteroatoms. The molecular weight excluding hydrogens is 620 g/mol. The van der Waals surface area contributed by atoms with Crippen LogP contribution < -0.4 is 29.1 Å². The number of rotatable bonds is 9. The number of thiazole rings is 1. The topological polar surface area (TPSA) is 88.4 Å². The molecule has 1 aliphatic heterocycles. The second-order valence-corrected chi connectivity index (χ2v) is 11.2. The summed E-state index contributed by atoms with van der Waals surface area (Å²) in [6.45, 7) is 7.69. The molecule has 8 nitrogen and oxygen atoms in total. The van der Waals surface area contributed by atoms with E-state index < -0.39 is 12.0 Å². The van der Waals surface area contributed by atoms with E-state index in [0.29, 0.717) is 54.5 Å². The van der Waals surface area contributed by atoms with Crippen LogP contribution in [0.25, 0.3) is 16.8 Å². The van der Waals surface area contributed by atoms with Crippen molar-refractivity contribution in [2.45, 2.75) is 19.9 Å². The summed E-state index contributed by atoms with van der Waals surface area (Å²) in [4.78, 5) is 32.8. The van der Waals surface area contributed by atoms with Crippen molar-refractivity contribution in [1.82, 2.24) is 4.57 Å². The molecule has 0 saturated heterocycles. The number of allylic oxidation sites excluding steroid dienone is 1. The van der Waals surface area contributed by atoms with Gasteiger partial charge in [0.15, 0.2) is 16.3 Å². The molecule has 0 saturated carbocycles. The Labute approximate surface area is 255 Å². The number of methoxy groups -OCH3 is 2. The van der Waals surface area contributed by atoms with E-state index in [2.05, 4.69) is 22.5 Å². The molecule has 1 aromatic heterocycles. The van der Waals surface area contributed by atoms with E-state index in [1.54, 1.807) is 50.9 Å². The molecule has 0 bridgehead atoms. The molecule has 0 aliphatic carbocycles. The zero-order valence-corrected chi connectivity index (χ0v) is 26.0. The monoisotopic (exact) mass is 648 g/mol. The number of hydrogen-bond donors (Lipinski definition) is 0. The van der Waals surface area contributed by atoms with Crippen molar-refractivity contribution in [1.29, 1.82) is 0 Å². The van der Waals surface area contributed by atoms with Gasteiger partial charge in [-0.15, -0.1) is 0 Å². The second-order valence-electron chi connectivity index (χ2n) is 9.34. The van der Waals surface area contributed by atoms with Crippen LogP contribution in [0.3, 0.4) is 0 Å². The van der Waals surface area contributed by atoms with Gasteiger partial charge in [0.2, 0.25) is 0 Å². The van der Waals surface area contributed by atoms with E-state index in [0.717, 1.165) is 16.3 Å². The number of benzene rings is 3. The highest BCUT2D eigenvalue weighted by Crippen LogP contribution is 2.40. The van der Waals surface area contributed by atoms with Crippen molar-refractivity contribution >= 4 is 50.1 Å². The Morgan fingerprint density at radius 2 is 1.90 bits per heavy atom. The summed E-state index contributed by atoms with van der Waals surface area (Å²) < 4.78 is 25.2. The van der Waals surface area contributed by atoms with Crippen molar-refractivity contribution in [2.24, 2.45) is 4.99 Å². The van der Waals surface area contributed by atoms with Crippen LogP contribution in [0.1, 0.15) is 31.0 Å². The summed E-state index contributed by atoms with van der Waals surface area (Å²) in [7, 11) is 3.13. The lowest BCUT2D eigenvalue weighted by Gasteiger charge is -2.27. The maximum atomic E-state index is 14.2. The maximum Gasteiger partial charge on any atom is 0.338 e. The third kappa shape index (κ3) is 5.28. The zero-order valence-electron chi connectivity index (χ0n) is 23.6. The van der Waals surface area contributed by atoms with Gasteiger partial charge in [0.05, 0.1) is 41.1 Å². The molecule has 0 amide bonds. The molecule has 1 atom stereocenters. The van der Waals surface area contributed by atoms with Gasteiger partial charge in [-0.3, -0.25) is 9.36 Å². The van der Waals surface area contributed by atoms with Gasteiger partial charge in [0.25, 0.3) is 5.56 Å². The minimum absolute atomic E-state index is 0.183. The lowest BCUT2D eigenvalue weighted by atomic mass is 9.90. The van der Waals surface area contributed by atoms with Gasteiger partial charge in [-0.1, -0.05) is 54.3 Å². The lowest BCUT2D eigenvalue weighted by Crippen LogP contribution is -2.40. The van der Waals surface area contributed by atoms with Crippen LogP contribution in [0.4, 0.5) is 0 Å². The highest BCUT2D eigenvalue weighted by Gasteiger charge is 2.36. The van der Waals surface area contributed by atoms with Gasteiger partial charge >= 0.3 is 5.97 Å². The Bertz CT molecular complexity index is 1920. The molecule has 3 aromatic carbocycles. The van der Waals surface area contributed by atoms with E-state index in [1.165, 1.54) is 11.3 Å². The fourth-order valence-electron chi connectivity index (χ4n) is 5.06. The zero-order chi connectivity index (χ0) is 30.0. The Morgan fingerprint density at radius 3 is 2.62 bits per heavy atom. The second kappa shape index (κ2) is 12.4. The van der Waals surface area contributed by atoms with Crippen molar-refractivity contribution in [3.63, 3.8) is 0 Å². The summed E-state index contributed by atoms with van der Waals surface area (Å²) in [6, 6.07) is 14.4. The molecule has 0 spiro atoms. The molecule has 0 unspecified atom stereocenters. The predicted molar refractivity (Wildman–Crippen MR) is 167 cm³/mol. The minimum Gasteiger partial charge on any atom is -0.496 e. The largest absolute Gasteiger partial charge is 0.496 e. The van der Waals surface area contributed by atoms with Crippen molar-refractivity contribution in [2.75, 3.05) is 27.4 Å². The van der Waals surface area contributed by atoms with Gasteiger partial charge in [-0.25, -0.2) is 9.79 Å². The van der Waals surface area contributed by atoms with Crippen molar-refractivity contribution in [3.05, 3.63) is 108 Å². The van der Waals surface area contributed by atoms with Gasteiger partial charge < -0.3 is 18.9 Å². The fourth-order valence-corrected chi connectivity index (χ4v) is 6.68. The first-order valence-corrected chi connectivity index (χ1v) is 14.8. The van der Waals surface area contributed by atoms with E-state index >= 15 is 0 Å². The van der Waals surface area contributed by atoms with E-state index in [9.17, 15) is 9.59 Å². The third-order valence-corrected chi connectivity index (χ3v) is 8.41. The van der Waals surface area contributed by atoms with E-state index in [4.69, 9.17) is 23.9 Å². The smallest absolute Gasteiger partial charge is 0.338 e. The number of carbonyl (C=O) groups is 1. The number of nitrogens with zero attached hydrogens (tertiary/aromatic N) is 2. The van der Waals surface area contributed by atoms with Crippen LogP contribution in [0.2, 0.25) is 0 Å². The number of ether oxygens (including phenoxy) is 4. The number of halogens is 1. The number of carbonyl (C=O) groups excluding carboxylic acids is 1. The summed E-state index contributed by atoms with van der Waals surface area (Å²) in [5, 5.41) is 1.81. The Hall–Kier alpha value is -4.15. The first-order chi connectivity index (χ1) is 20.3. The Morgan fingerprint density at radius 1 is 1.14 bits per heavy atom. The number of esters is 1. The van der Waals surface area contributed by atoms with Crippen LogP contribution >= 0.6 is 27.3 Å². The van der Waals surface area contributed by atoms with Crippen LogP contribution in [0.15, 0.2) is 86.7 Å². The predicted octanol–water partition coefficient (Wildman–Crippen LogP) is 5.30. The molecule has 2 heterocycles. The average Bonchev–Trinajstić information content (AvgIpc) is 3.28. The highest BCUT2D eigenvalue weighted by molar-refractivity contribution is 9.10. The first kappa shape index (κ1) is 29.3. The highest BCUT2D eigenvalue weighted by atomic mass is 79.9. The molecule has 4 aromatic rings. The molecule has 0 N–H and O–H groups in total. The maximum absolute atomic E-state index is 14.2. The molecule has 42 heavy (non-hydrogen) atoms. The van der Waals surface area contributed by atoms with Gasteiger partial charge in [-0.05, 0) is 70.4 Å². The number of hydrogen-bond acceptors (Lipinski definition) is 8. The summed E-state index contributed by atoms with van der Waals surface area (Å²) in [5.41, 5.74) is 1.88. The van der Waals surface area contributed by atoms with Crippen LogP contribution in [-0.2, 0) is 9.53 Å². The number of fused-ring (bicyclic) bond motifs is 2. The van der Waals surface area contributed by atoms with E-state index in [1.807, 2.05) is 42.5 Å².